The van der Waals surface area contributed by atoms with E-state index in [0.717, 1.165) is 28.1 Å². The molecule has 44 heavy (non-hydrogen) atoms. The van der Waals surface area contributed by atoms with Crippen LogP contribution in [0.15, 0.2) is 53.5 Å². The molecular weight excluding hydrogens is 580 g/mol. The lowest BCUT2D eigenvalue weighted by Gasteiger charge is -2.19. The van der Waals surface area contributed by atoms with Crippen LogP contribution in [0, 0.1) is 0 Å². The van der Waals surface area contributed by atoms with Gasteiger partial charge in [0.1, 0.15) is 6.04 Å². The average Bonchev–Trinajstić information content (AvgIpc) is 3.26. The van der Waals surface area contributed by atoms with Crippen LogP contribution in [0.5, 0.6) is 17.2 Å². The molecule has 0 aliphatic heterocycles. The first kappa shape index (κ1) is 32.7. The molecule has 234 valence electrons. The number of aromatic nitrogens is 1. The minimum absolute atomic E-state index is 0.192. The highest BCUT2D eigenvalue weighted by Gasteiger charge is 2.30. The monoisotopic (exact) mass is 620 g/mol. The van der Waals surface area contributed by atoms with E-state index in [1.165, 1.54) is 6.92 Å². The third kappa shape index (κ3) is 7.63. The molecule has 3 N–H and O–H groups in total. The normalized spacial score (nSPS) is 14.2. The zero-order chi connectivity index (χ0) is 31.6. The second-order valence-electron chi connectivity index (χ2n) is 10.4. The summed E-state index contributed by atoms with van der Waals surface area (Å²) in [6, 6.07) is 11.6. The number of nitrogens with one attached hydrogen (secondary N) is 3. The van der Waals surface area contributed by atoms with Crippen LogP contribution >= 0.6 is 11.8 Å². The lowest BCUT2D eigenvalue weighted by Crippen LogP contribution is -2.41. The van der Waals surface area contributed by atoms with E-state index in [4.69, 9.17) is 14.2 Å². The number of ether oxygens (including phenoxy) is 3. The summed E-state index contributed by atoms with van der Waals surface area (Å²) in [4.78, 5) is 43.6. The first-order chi connectivity index (χ1) is 21.3. The standard InChI is InChI=1S/C33H40N4O6S/c1-20(38)36-25-11-9-21-18-29(41-2)31(42-3)32(43-4)30(21)23-10-12-26(28(39)19-24(23)25)37-27(14-17-44-5)33(40)35-16-13-22-8-6-7-15-34-22/h6-8,10,12,15,18-19,25,27H,9,11,13-14,16-17H2,1-5H3,(H,35,40)(H,36,38)(H,37,39)/t25-,27-/m0/s1. The van der Waals surface area contributed by atoms with Gasteiger partial charge in [0.25, 0.3) is 0 Å². The van der Waals surface area contributed by atoms with Crippen LogP contribution in [-0.4, -0.2) is 62.7 Å². The number of pyridine rings is 1. The van der Waals surface area contributed by atoms with Crippen molar-refractivity contribution in [2.45, 2.75) is 44.7 Å². The van der Waals surface area contributed by atoms with Crippen molar-refractivity contribution in [3.8, 4) is 28.4 Å². The van der Waals surface area contributed by atoms with E-state index >= 15 is 0 Å². The van der Waals surface area contributed by atoms with Crippen LogP contribution in [-0.2, 0) is 22.4 Å². The number of benzene rings is 1. The Morgan fingerprint density at radius 2 is 1.86 bits per heavy atom. The number of anilines is 1. The number of methoxy groups -OCH3 is 3. The first-order valence-corrected chi connectivity index (χ1v) is 15.9. The molecule has 1 aliphatic rings. The molecule has 0 bridgehead atoms. The summed E-state index contributed by atoms with van der Waals surface area (Å²) in [5.74, 6) is 1.77. The van der Waals surface area contributed by atoms with Crippen molar-refractivity contribution in [1.82, 2.24) is 15.6 Å². The number of hydrogen-bond donors (Lipinski definition) is 3. The Morgan fingerprint density at radius 3 is 2.52 bits per heavy atom. The molecule has 0 radical (unpaired) electrons. The molecule has 1 aromatic heterocycles. The summed E-state index contributed by atoms with van der Waals surface area (Å²) >= 11 is 1.63. The van der Waals surface area contributed by atoms with Gasteiger partial charge in [-0.2, -0.15) is 11.8 Å². The molecule has 1 heterocycles. The molecule has 10 nitrogen and oxygen atoms in total. The summed E-state index contributed by atoms with van der Waals surface area (Å²) in [6.07, 6.45) is 5.98. The van der Waals surface area contributed by atoms with Gasteiger partial charge in [-0.1, -0.05) is 12.1 Å². The van der Waals surface area contributed by atoms with E-state index in [2.05, 4.69) is 20.9 Å². The number of hydrogen-bond acceptors (Lipinski definition) is 9. The van der Waals surface area contributed by atoms with Gasteiger partial charge in [-0.3, -0.25) is 19.4 Å². The van der Waals surface area contributed by atoms with Crippen LogP contribution in [0.3, 0.4) is 0 Å². The molecule has 0 unspecified atom stereocenters. The molecule has 11 heteroatoms. The third-order valence-electron chi connectivity index (χ3n) is 7.58. The second-order valence-corrected chi connectivity index (χ2v) is 11.4. The fraction of sp³-hybridized carbons (Fsp3) is 0.394. The number of fused-ring (bicyclic) bond motifs is 3. The van der Waals surface area contributed by atoms with Crippen molar-refractivity contribution in [3.05, 3.63) is 75.7 Å². The maximum Gasteiger partial charge on any atom is 0.242 e. The lowest BCUT2D eigenvalue weighted by atomic mass is 9.95. The van der Waals surface area contributed by atoms with Crippen molar-refractivity contribution >= 4 is 29.3 Å². The molecule has 2 amide bonds. The average molecular weight is 621 g/mol. The summed E-state index contributed by atoms with van der Waals surface area (Å²) in [5, 5.41) is 9.23. The highest BCUT2D eigenvalue weighted by molar-refractivity contribution is 7.98. The summed E-state index contributed by atoms with van der Waals surface area (Å²) in [7, 11) is 4.67. The molecule has 2 aromatic carbocycles. The van der Waals surface area contributed by atoms with Gasteiger partial charge < -0.3 is 30.2 Å². The number of rotatable bonds is 13. The van der Waals surface area contributed by atoms with Gasteiger partial charge in [-0.25, -0.2) is 0 Å². The Hall–Kier alpha value is -4.25. The number of thioether (sulfide) groups is 1. The number of carbonyl (C=O) groups excluding carboxylic acids is 2. The van der Waals surface area contributed by atoms with Crippen molar-refractivity contribution in [1.29, 1.82) is 0 Å². The van der Waals surface area contributed by atoms with Crippen molar-refractivity contribution < 1.29 is 23.8 Å². The van der Waals surface area contributed by atoms with Gasteiger partial charge in [-0.15, -0.1) is 0 Å². The SMILES string of the molecule is COc1cc2c(c(OC)c1OC)-c1ccc(N[C@@H](CCSC)C(=O)NCCc3ccccn3)c(=O)cc1[C@@H](NC(C)=O)CC2. The fourth-order valence-corrected chi connectivity index (χ4v) is 5.97. The van der Waals surface area contributed by atoms with E-state index in [-0.39, 0.29) is 22.9 Å². The van der Waals surface area contributed by atoms with Crippen LogP contribution in [0.4, 0.5) is 5.69 Å². The van der Waals surface area contributed by atoms with Gasteiger partial charge in [0.05, 0.1) is 33.1 Å². The smallest absolute Gasteiger partial charge is 0.242 e. The summed E-state index contributed by atoms with van der Waals surface area (Å²) < 4.78 is 17.1. The molecular formula is C33H40N4O6S. The minimum atomic E-state index is -0.626. The Bertz CT molecular complexity index is 1540. The zero-order valence-corrected chi connectivity index (χ0v) is 26.6. The van der Waals surface area contributed by atoms with Gasteiger partial charge in [-0.05, 0) is 78.3 Å². The van der Waals surface area contributed by atoms with Crippen LogP contribution in [0.1, 0.15) is 42.6 Å². The molecule has 2 atom stereocenters. The molecule has 0 fully saturated rings. The van der Waals surface area contributed by atoms with E-state index in [9.17, 15) is 14.4 Å². The molecule has 0 saturated heterocycles. The number of nitrogens with zero attached hydrogens (tertiary/aromatic N) is 1. The largest absolute Gasteiger partial charge is 0.493 e. The van der Waals surface area contributed by atoms with Gasteiger partial charge in [0.15, 0.2) is 11.5 Å². The van der Waals surface area contributed by atoms with Gasteiger partial charge >= 0.3 is 0 Å². The Morgan fingerprint density at radius 1 is 1.07 bits per heavy atom. The van der Waals surface area contributed by atoms with E-state index < -0.39 is 12.1 Å². The predicted molar refractivity (Wildman–Crippen MR) is 174 cm³/mol. The number of aryl methyl sites for hydroxylation is 1. The Balaban J connectivity index is 1.75. The number of carbonyl (C=O) groups is 2. The molecule has 4 rings (SSSR count). The highest BCUT2D eigenvalue weighted by atomic mass is 32.2. The van der Waals surface area contributed by atoms with Crippen molar-refractivity contribution in [2.75, 3.05) is 45.2 Å². The Labute approximate surface area is 262 Å². The summed E-state index contributed by atoms with van der Waals surface area (Å²) in [6.45, 7) is 1.88. The minimum Gasteiger partial charge on any atom is -0.493 e. The Kier molecular flexibility index (Phi) is 11.5. The van der Waals surface area contributed by atoms with E-state index in [0.29, 0.717) is 55.0 Å². The van der Waals surface area contributed by atoms with Crippen LogP contribution in [0.2, 0.25) is 0 Å². The predicted octanol–water partition coefficient (Wildman–Crippen LogP) is 4.15. The fourth-order valence-electron chi connectivity index (χ4n) is 5.50. The quantitative estimate of drug-likeness (QED) is 0.258. The maximum atomic E-state index is 13.8. The maximum absolute atomic E-state index is 13.8. The van der Waals surface area contributed by atoms with E-state index in [1.807, 2.05) is 36.6 Å². The number of amides is 2. The summed E-state index contributed by atoms with van der Waals surface area (Å²) in [5.41, 5.74) is 3.96. The third-order valence-corrected chi connectivity index (χ3v) is 8.22. The lowest BCUT2D eigenvalue weighted by molar-refractivity contribution is -0.122. The van der Waals surface area contributed by atoms with Crippen LogP contribution in [0.25, 0.3) is 11.1 Å². The van der Waals surface area contributed by atoms with E-state index in [1.54, 1.807) is 51.4 Å². The van der Waals surface area contributed by atoms with Gasteiger partial charge in [0.2, 0.25) is 23.0 Å². The van der Waals surface area contributed by atoms with Gasteiger partial charge in [0, 0.05) is 37.3 Å². The molecule has 1 aliphatic carbocycles. The molecule has 3 aromatic rings. The highest BCUT2D eigenvalue weighted by Crippen LogP contribution is 2.50. The van der Waals surface area contributed by atoms with Crippen molar-refractivity contribution in [3.63, 3.8) is 0 Å². The molecule has 0 spiro atoms. The topological polar surface area (TPSA) is 128 Å². The first-order valence-electron chi connectivity index (χ1n) is 14.5. The molecule has 0 saturated carbocycles. The second kappa shape index (κ2) is 15.5. The van der Waals surface area contributed by atoms with Crippen LogP contribution < -0.4 is 35.6 Å². The van der Waals surface area contributed by atoms with Crippen molar-refractivity contribution in [2.24, 2.45) is 0 Å². The zero-order valence-electron chi connectivity index (χ0n) is 25.8.